The van der Waals surface area contributed by atoms with E-state index in [0.29, 0.717) is 30.6 Å². The first kappa shape index (κ1) is 32.6. The number of carbonyl (C=O) groups is 1. The molecule has 2 atom stereocenters. The molecule has 0 amide bonds. The standard InChI is InChI=1S/C22H38NO3.C7H8O3S/c1-5-9-12-19(7-3)17-25-22(24)21-14-11-15-23(16-21)26-18-20(8-4)13-10-6-2;1-6-2-4-7(5-3-6)11(8,9)10/h11,14-16,19-20H,5-10,12-13,17-18H2,1-4H3;2-5H,1H3,(H,8,9,10)/q+1;/p-1. The number of benzene rings is 1. The quantitative estimate of drug-likeness (QED) is 0.160. The Balaban J connectivity index is 0.000000516. The summed E-state index contributed by atoms with van der Waals surface area (Å²) in [6.07, 6.45) is 12.8. The van der Waals surface area contributed by atoms with Crippen LogP contribution in [0.5, 0.6) is 0 Å². The van der Waals surface area contributed by atoms with Crippen molar-refractivity contribution in [2.75, 3.05) is 13.2 Å². The molecule has 0 aliphatic heterocycles. The maximum atomic E-state index is 12.3. The Morgan fingerprint density at radius 1 is 0.919 bits per heavy atom. The number of unbranched alkanes of at least 4 members (excludes halogenated alkanes) is 2. The highest BCUT2D eigenvalue weighted by molar-refractivity contribution is 7.85. The van der Waals surface area contributed by atoms with E-state index in [-0.39, 0.29) is 10.9 Å². The van der Waals surface area contributed by atoms with Gasteiger partial charge in [0, 0.05) is 10.8 Å². The van der Waals surface area contributed by atoms with Crippen molar-refractivity contribution in [2.24, 2.45) is 11.8 Å². The lowest BCUT2D eigenvalue weighted by atomic mass is 10.0. The Bertz CT molecular complexity index is 1010. The minimum Gasteiger partial charge on any atom is -0.744 e. The van der Waals surface area contributed by atoms with Crippen LogP contribution in [0.2, 0.25) is 0 Å². The normalized spacial score (nSPS) is 12.7. The van der Waals surface area contributed by atoms with Gasteiger partial charge in [0.2, 0.25) is 12.4 Å². The zero-order chi connectivity index (χ0) is 27.7. The predicted octanol–water partition coefficient (Wildman–Crippen LogP) is 5.89. The number of rotatable bonds is 15. The van der Waals surface area contributed by atoms with Gasteiger partial charge in [0.15, 0.2) is 6.61 Å². The zero-order valence-corrected chi connectivity index (χ0v) is 24.0. The highest BCUT2D eigenvalue weighted by Crippen LogP contribution is 2.14. The van der Waals surface area contributed by atoms with Crippen molar-refractivity contribution in [3.8, 4) is 0 Å². The molecule has 7 nitrogen and oxygen atoms in total. The maximum Gasteiger partial charge on any atom is 0.344 e. The fourth-order valence-electron chi connectivity index (χ4n) is 3.63. The summed E-state index contributed by atoms with van der Waals surface area (Å²) in [5, 5.41) is 0. The molecule has 8 heteroatoms. The van der Waals surface area contributed by atoms with Gasteiger partial charge in [-0.05, 0) is 56.2 Å². The summed E-state index contributed by atoms with van der Waals surface area (Å²) in [5.41, 5.74) is 1.47. The van der Waals surface area contributed by atoms with Gasteiger partial charge >= 0.3 is 5.97 Å². The molecular weight excluding hydrogens is 490 g/mol. The van der Waals surface area contributed by atoms with Crippen LogP contribution in [-0.4, -0.2) is 32.2 Å². The summed E-state index contributed by atoms with van der Waals surface area (Å²) in [6.45, 7) is 11.7. The molecule has 0 aliphatic carbocycles. The monoisotopic (exact) mass is 535 g/mol. The molecule has 0 spiro atoms. The summed E-state index contributed by atoms with van der Waals surface area (Å²) in [5.74, 6) is 0.743. The second-order valence-corrected chi connectivity index (χ2v) is 10.8. The molecule has 0 saturated heterocycles. The van der Waals surface area contributed by atoms with Crippen LogP contribution in [0.15, 0.2) is 53.7 Å². The number of hydrogen-bond acceptors (Lipinski definition) is 6. The van der Waals surface area contributed by atoms with Gasteiger partial charge < -0.3 is 9.29 Å². The van der Waals surface area contributed by atoms with Gasteiger partial charge in [0.05, 0.1) is 11.5 Å². The molecule has 1 heterocycles. The summed E-state index contributed by atoms with van der Waals surface area (Å²) in [4.78, 5) is 18.0. The molecule has 2 unspecified atom stereocenters. The van der Waals surface area contributed by atoms with Crippen LogP contribution in [0.25, 0.3) is 0 Å². The molecule has 0 N–H and O–H groups in total. The van der Waals surface area contributed by atoms with Crippen molar-refractivity contribution >= 4 is 16.1 Å². The second kappa shape index (κ2) is 17.9. The minimum absolute atomic E-state index is 0.178. The first-order valence-electron chi connectivity index (χ1n) is 13.5. The Labute approximate surface area is 223 Å². The van der Waals surface area contributed by atoms with Crippen molar-refractivity contribution in [3.63, 3.8) is 0 Å². The van der Waals surface area contributed by atoms with E-state index in [4.69, 9.17) is 9.57 Å². The third-order valence-corrected chi connectivity index (χ3v) is 7.17. The number of ether oxygens (including phenoxy) is 1. The predicted molar refractivity (Wildman–Crippen MR) is 144 cm³/mol. The largest absolute Gasteiger partial charge is 0.744 e. The van der Waals surface area contributed by atoms with Crippen molar-refractivity contribution in [1.29, 1.82) is 0 Å². The molecule has 0 aliphatic rings. The number of hydrogen-bond donors (Lipinski definition) is 0. The lowest BCUT2D eigenvalue weighted by molar-refractivity contribution is -0.892. The first-order valence-corrected chi connectivity index (χ1v) is 14.9. The average Bonchev–Trinajstić information content (AvgIpc) is 2.89. The average molecular weight is 536 g/mol. The van der Waals surface area contributed by atoms with E-state index in [1.807, 2.05) is 19.2 Å². The second-order valence-electron chi connectivity index (χ2n) is 9.45. The molecule has 1 aromatic heterocycles. The van der Waals surface area contributed by atoms with Gasteiger partial charge in [-0.3, -0.25) is 4.84 Å². The SMILES string of the molecule is CCCCC(CC)COC(=O)c1ccc[n+](OCC(CC)CCCC)c1.Cc1ccc(S(=O)(=O)[O-])cc1. The van der Waals surface area contributed by atoms with Crippen molar-refractivity contribution in [2.45, 2.75) is 90.9 Å². The number of esters is 1. The lowest BCUT2D eigenvalue weighted by Crippen LogP contribution is -2.44. The number of aromatic nitrogens is 1. The highest BCUT2D eigenvalue weighted by atomic mass is 32.2. The van der Waals surface area contributed by atoms with E-state index in [1.165, 1.54) is 44.2 Å². The van der Waals surface area contributed by atoms with Crippen LogP contribution in [-0.2, 0) is 14.9 Å². The van der Waals surface area contributed by atoms with Crippen molar-refractivity contribution < 1.29 is 32.1 Å². The van der Waals surface area contributed by atoms with Gasteiger partial charge in [0.1, 0.15) is 15.7 Å². The molecule has 37 heavy (non-hydrogen) atoms. The molecule has 0 radical (unpaired) electrons. The molecule has 0 bridgehead atoms. The molecule has 208 valence electrons. The third kappa shape index (κ3) is 13.6. The van der Waals surface area contributed by atoms with E-state index in [9.17, 15) is 17.8 Å². The molecular formula is C29H45NO6S. The zero-order valence-electron chi connectivity index (χ0n) is 23.1. The van der Waals surface area contributed by atoms with Gasteiger partial charge in [-0.15, -0.1) is 0 Å². The fraction of sp³-hybridized carbons (Fsp3) is 0.586. The van der Waals surface area contributed by atoms with Crippen LogP contribution in [0, 0.1) is 18.8 Å². The van der Waals surface area contributed by atoms with Gasteiger partial charge in [0.25, 0.3) is 0 Å². The first-order chi connectivity index (χ1) is 17.6. The molecule has 0 saturated carbocycles. The topological polar surface area (TPSA) is 96.6 Å². The Kier molecular flexibility index (Phi) is 15.8. The van der Waals surface area contributed by atoms with Crippen LogP contribution in [0.4, 0.5) is 0 Å². The maximum absolute atomic E-state index is 12.3. The van der Waals surface area contributed by atoms with Crippen LogP contribution >= 0.6 is 0 Å². The number of pyridine rings is 1. The van der Waals surface area contributed by atoms with Crippen LogP contribution < -0.4 is 9.57 Å². The molecule has 1 aromatic carbocycles. The summed E-state index contributed by atoms with van der Waals surface area (Å²) in [7, 11) is -4.27. The Hall–Kier alpha value is -2.45. The van der Waals surface area contributed by atoms with E-state index in [1.54, 1.807) is 29.1 Å². The third-order valence-electron chi connectivity index (χ3n) is 6.32. The summed E-state index contributed by atoms with van der Waals surface area (Å²) < 4.78 is 38.3. The van der Waals surface area contributed by atoms with E-state index in [0.717, 1.165) is 24.8 Å². The fourth-order valence-corrected chi connectivity index (χ4v) is 4.09. The summed E-state index contributed by atoms with van der Waals surface area (Å²) in [6, 6.07) is 9.40. The van der Waals surface area contributed by atoms with Crippen molar-refractivity contribution in [1.82, 2.24) is 0 Å². The van der Waals surface area contributed by atoms with E-state index in [2.05, 4.69) is 27.7 Å². The summed E-state index contributed by atoms with van der Waals surface area (Å²) >= 11 is 0. The smallest absolute Gasteiger partial charge is 0.344 e. The van der Waals surface area contributed by atoms with E-state index < -0.39 is 10.1 Å². The van der Waals surface area contributed by atoms with Crippen LogP contribution in [0.3, 0.4) is 0 Å². The Morgan fingerprint density at radius 3 is 2.00 bits per heavy atom. The van der Waals surface area contributed by atoms with Gasteiger partial charge in [-0.25, -0.2) is 13.2 Å². The minimum atomic E-state index is -4.27. The lowest BCUT2D eigenvalue weighted by Gasteiger charge is -2.14. The Morgan fingerprint density at radius 2 is 1.49 bits per heavy atom. The highest BCUT2D eigenvalue weighted by Gasteiger charge is 2.17. The van der Waals surface area contributed by atoms with Crippen molar-refractivity contribution in [3.05, 3.63) is 59.9 Å². The number of aryl methyl sites for hydroxylation is 1. The van der Waals surface area contributed by atoms with Gasteiger partial charge in [-0.2, -0.15) is 0 Å². The molecule has 2 rings (SSSR count). The number of nitrogens with zero attached hydrogens (tertiary/aromatic N) is 1. The number of carbonyl (C=O) groups excluding carboxylic acids is 1. The van der Waals surface area contributed by atoms with Gasteiger partial charge in [-0.1, -0.05) is 77.5 Å². The van der Waals surface area contributed by atoms with Crippen LogP contribution in [0.1, 0.15) is 95.0 Å². The molecule has 0 fully saturated rings. The molecule has 2 aromatic rings. The van der Waals surface area contributed by atoms with E-state index >= 15 is 0 Å².